The van der Waals surface area contributed by atoms with Crippen LogP contribution >= 0.6 is 11.6 Å². The first-order chi connectivity index (χ1) is 7.86. The van der Waals surface area contributed by atoms with E-state index in [0.29, 0.717) is 6.54 Å². The van der Waals surface area contributed by atoms with E-state index in [4.69, 9.17) is 11.6 Å². The van der Waals surface area contributed by atoms with Crippen LogP contribution in [0.4, 0.5) is 5.82 Å². The Hall–Kier alpha value is -1.54. The molecule has 2 rings (SSSR count). The zero-order valence-electron chi connectivity index (χ0n) is 8.81. The van der Waals surface area contributed by atoms with Gasteiger partial charge in [0.1, 0.15) is 5.82 Å². The standard InChI is InChI=1S/C13H13ClN2/c14-12(11-6-2-1-3-7-11)10-16-13-8-4-5-9-15-13/h1-9,12H,10H2,(H,15,16). The smallest absolute Gasteiger partial charge is 0.125 e. The molecule has 0 spiro atoms. The van der Waals surface area contributed by atoms with Gasteiger partial charge in [-0.15, -0.1) is 11.6 Å². The number of nitrogens with one attached hydrogen (secondary N) is 1. The van der Waals surface area contributed by atoms with Gasteiger partial charge >= 0.3 is 0 Å². The fraction of sp³-hybridized carbons (Fsp3) is 0.154. The van der Waals surface area contributed by atoms with Crippen molar-refractivity contribution in [3.8, 4) is 0 Å². The summed E-state index contributed by atoms with van der Waals surface area (Å²) >= 11 is 6.27. The Morgan fingerprint density at radius 2 is 1.81 bits per heavy atom. The van der Waals surface area contributed by atoms with Gasteiger partial charge in [0, 0.05) is 12.7 Å². The number of alkyl halides is 1. The van der Waals surface area contributed by atoms with Gasteiger partial charge in [-0.1, -0.05) is 36.4 Å². The predicted octanol–water partition coefficient (Wildman–Crippen LogP) is 3.47. The van der Waals surface area contributed by atoms with Crippen molar-refractivity contribution in [3.05, 3.63) is 60.3 Å². The number of pyridine rings is 1. The molecule has 0 aliphatic heterocycles. The van der Waals surface area contributed by atoms with E-state index in [2.05, 4.69) is 10.3 Å². The lowest BCUT2D eigenvalue weighted by atomic mass is 10.1. The molecule has 1 heterocycles. The summed E-state index contributed by atoms with van der Waals surface area (Å²) in [5.74, 6) is 0.851. The normalized spacial score (nSPS) is 12.1. The van der Waals surface area contributed by atoms with E-state index < -0.39 is 0 Å². The highest BCUT2D eigenvalue weighted by Crippen LogP contribution is 2.19. The quantitative estimate of drug-likeness (QED) is 0.817. The molecular weight excluding hydrogens is 220 g/mol. The molecule has 1 unspecified atom stereocenters. The lowest BCUT2D eigenvalue weighted by Crippen LogP contribution is -2.08. The highest BCUT2D eigenvalue weighted by molar-refractivity contribution is 6.21. The third kappa shape index (κ3) is 2.97. The highest BCUT2D eigenvalue weighted by atomic mass is 35.5. The van der Waals surface area contributed by atoms with E-state index >= 15 is 0 Å². The first-order valence-corrected chi connectivity index (χ1v) is 5.64. The third-order valence-corrected chi connectivity index (χ3v) is 2.69. The summed E-state index contributed by atoms with van der Waals surface area (Å²) in [7, 11) is 0. The van der Waals surface area contributed by atoms with Crippen LogP contribution in [0.15, 0.2) is 54.7 Å². The number of anilines is 1. The molecular formula is C13H13ClN2. The first-order valence-electron chi connectivity index (χ1n) is 5.20. The minimum atomic E-state index is -0.0387. The number of benzene rings is 1. The van der Waals surface area contributed by atoms with Crippen LogP contribution in [-0.2, 0) is 0 Å². The Morgan fingerprint density at radius 1 is 1.06 bits per heavy atom. The number of hydrogen-bond donors (Lipinski definition) is 1. The average Bonchev–Trinajstić information content (AvgIpc) is 2.38. The van der Waals surface area contributed by atoms with Crippen LogP contribution in [-0.4, -0.2) is 11.5 Å². The summed E-state index contributed by atoms with van der Waals surface area (Å²) in [6.07, 6.45) is 1.76. The van der Waals surface area contributed by atoms with Crippen molar-refractivity contribution in [1.29, 1.82) is 0 Å². The Kier molecular flexibility index (Phi) is 3.78. The molecule has 82 valence electrons. The van der Waals surface area contributed by atoms with Crippen molar-refractivity contribution in [3.63, 3.8) is 0 Å². The number of hydrogen-bond acceptors (Lipinski definition) is 2. The molecule has 1 aromatic carbocycles. The average molecular weight is 233 g/mol. The Morgan fingerprint density at radius 3 is 2.50 bits per heavy atom. The number of nitrogens with zero attached hydrogens (tertiary/aromatic N) is 1. The number of aromatic nitrogens is 1. The van der Waals surface area contributed by atoms with Gasteiger partial charge in [0.25, 0.3) is 0 Å². The van der Waals surface area contributed by atoms with Gasteiger partial charge in [-0.3, -0.25) is 0 Å². The second-order valence-corrected chi connectivity index (χ2v) is 4.00. The number of halogens is 1. The Balaban J connectivity index is 1.92. The molecule has 1 aromatic heterocycles. The van der Waals surface area contributed by atoms with Gasteiger partial charge in [0.15, 0.2) is 0 Å². The van der Waals surface area contributed by atoms with E-state index in [9.17, 15) is 0 Å². The zero-order valence-corrected chi connectivity index (χ0v) is 9.56. The molecule has 0 saturated carbocycles. The maximum atomic E-state index is 6.27. The Bertz CT molecular complexity index is 416. The molecule has 2 aromatic rings. The largest absolute Gasteiger partial charge is 0.368 e. The van der Waals surface area contributed by atoms with Gasteiger partial charge in [0.2, 0.25) is 0 Å². The van der Waals surface area contributed by atoms with Crippen molar-refractivity contribution in [2.24, 2.45) is 0 Å². The lowest BCUT2D eigenvalue weighted by Gasteiger charge is -2.11. The van der Waals surface area contributed by atoms with E-state index in [0.717, 1.165) is 11.4 Å². The molecule has 0 bridgehead atoms. The molecule has 0 aliphatic carbocycles. The summed E-state index contributed by atoms with van der Waals surface area (Å²) in [6, 6.07) is 15.8. The highest BCUT2D eigenvalue weighted by Gasteiger charge is 2.06. The molecule has 16 heavy (non-hydrogen) atoms. The predicted molar refractivity (Wildman–Crippen MR) is 67.8 cm³/mol. The number of rotatable bonds is 4. The molecule has 0 fully saturated rings. The van der Waals surface area contributed by atoms with Crippen molar-refractivity contribution >= 4 is 17.4 Å². The van der Waals surface area contributed by atoms with Crippen LogP contribution in [0.3, 0.4) is 0 Å². The summed E-state index contributed by atoms with van der Waals surface area (Å²) < 4.78 is 0. The Labute approximate surface area is 100 Å². The van der Waals surface area contributed by atoms with E-state index in [1.54, 1.807) is 6.20 Å². The van der Waals surface area contributed by atoms with Crippen LogP contribution in [0.25, 0.3) is 0 Å². The molecule has 0 radical (unpaired) electrons. The second kappa shape index (κ2) is 5.52. The van der Waals surface area contributed by atoms with Crippen LogP contribution in [0, 0.1) is 0 Å². The van der Waals surface area contributed by atoms with Crippen LogP contribution in [0.2, 0.25) is 0 Å². The summed E-state index contributed by atoms with van der Waals surface area (Å²) in [5, 5.41) is 3.16. The topological polar surface area (TPSA) is 24.9 Å². The van der Waals surface area contributed by atoms with Crippen LogP contribution in [0.5, 0.6) is 0 Å². The van der Waals surface area contributed by atoms with Crippen LogP contribution < -0.4 is 5.32 Å². The van der Waals surface area contributed by atoms with Gasteiger partial charge < -0.3 is 5.32 Å². The molecule has 2 nitrogen and oxygen atoms in total. The van der Waals surface area contributed by atoms with Gasteiger partial charge in [-0.25, -0.2) is 4.98 Å². The van der Waals surface area contributed by atoms with Crippen molar-refractivity contribution < 1.29 is 0 Å². The molecule has 0 saturated heterocycles. The second-order valence-electron chi connectivity index (χ2n) is 3.47. The molecule has 0 amide bonds. The van der Waals surface area contributed by atoms with Crippen molar-refractivity contribution in [2.45, 2.75) is 5.38 Å². The van der Waals surface area contributed by atoms with Crippen LogP contribution in [0.1, 0.15) is 10.9 Å². The maximum Gasteiger partial charge on any atom is 0.125 e. The van der Waals surface area contributed by atoms with E-state index in [1.165, 1.54) is 0 Å². The third-order valence-electron chi connectivity index (χ3n) is 2.29. The van der Waals surface area contributed by atoms with E-state index in [-0.39, 0.29) is 5.38 Å². The lowest BCUT2D eigenvalue weighted by molar-refractivity contribution is 0.967. The van der Waals surface area contributed by atoms with Crippen molar-refractivity contribution in [2.75, 3.05) is 11.9 Å². The van der Waals surface area contributed by atoms with Gasteiger partial charge in [-0.05, 0) is 17.7 Å². The van der Waals surface area contributed by atoms with Gasteiger partial charge in [-0.2, -0.15) is 0 Å². The fourth-order valence-corrected chi connectivity index (χ4v) is 1.66. The summed E-state index contributed by atoms with van der Waals surface area (Å²) in [6.45, 7) is 0.669. The minimum absolute atomic E-state index is 0.0387. The minimum Gasteiger partial charge on any atom is -0.368 e. The molecule has 1 atom stereocenters. The van der Waals surface area contributed by atoms with Gasteiger partial charge in [0.05, 0.1) is 5.38 Å². The molecule has 3 heteroatoms. The first kappa shape index (κ1) is 11.0. The monoisotopic (exact) mass is 232 g/mol. The zero-order chi connectivity index (χ0) is 11.2. The summed E-state index contributed by atoms with van der Waals surface area (Å²) in [5.41, 5.74) is 1.12. The SMILES string of the molecule is ClC(CNc1ccccn1)c1ccccc1. The fourth-order valence-electron chi connectivity index (χ4n) is 1.44. The van der Waals surface area contributed by atoms with Crippen molar-refractivity contribution in [1.82, 2.24) is 4.98 Å². The molecule has 0 aliphatic rings. The summed E-state index contributed by atoms with van der Waals surface area (Å²) in [4.78, 5) is 4.17. The molecule has 1 N–H and O–H groups in total. The maximum absolute atomic E-state index is 6.27. The van der Waals surface area contributed by atoms with E-state index in [1.807, 2.05) is 48.5 Å².